The van der Waals surface area contributed by atoms with E-state index in [9.17, 15) is 4.39 Å². The van der Waals surface area contributed by atoms with Crippen LogP contribution in [0.4, 0.5) is 16.0 Å². The van der Waals surface area contributed by atoms with Crippen molar-refractivity contribution in [2.45, 2.75) is 52.5 Å². The summed E-state index contributed by atoms with van der Waals surface area (Å²) in [6, 6.07) is 2.92. The average molecular weight is 467 g/mol. The average Bonchev–Trinajstić information content (AvgIpc) is 3.38. The molecule has 0 spiro atoms. The highest BCUT2D eigenvalue weighted by Crippen LogP contribution is 2.35. The van der Waals surface area contributed by atoms with Crippen LogP contribution in [0.15, 0.2) is 18.3 Å². The number of benzene rings is 1. The topological polar surface area (TPSA) is 99.4 Å². The molecule has 1 fully saturated rings. The molecule has 9 nitrogen and oxygen atoms in total. The maximum Gasteiger partial charge on any atom is 0.223 e. The van der Waals surface area contributed by atoms with Crippen LogP contribution in [0.2, 0.25) is 0 Å². The Bertz CT molecular complexity index is 1390. The predicted molar refractivity (Wildman–Crippen MR) is 130 cm³/mol. The highest BCUT2D eigenvalue weighted by molar-refractivity contribution is 5.93. The summed E-state index contributed by atoms with van der Waals surface area (Å²) in [6.07, 6.45) is 3.08. The van der Waals surface area contributed by atoms with Crippen LogP contribution in [0.5, 0.6) is 5.75 Å². The van der Waals surface area contributed by atoms with Crippen LogP contribution in [0.25, 0.3) is 16.6 Å². The lowest BCUT2D eigenvalue weighted by atomic mass is 9.89. The smallest absolute Gasteiger partial charge is 0.223 e. The van der Waals surface area contributed by atoms with Gasteiger partial charge in [0, 0.05) is 36.7 Å². The molecule has 10 heteroatoms. The number of nitrogens with two attached hydrogens (primary N) is 1. The molecular formula is C24H31FN8O. The molecule has 1 aromatic carbocycles. The number of rotatable bonds is 3. The van der Waals surface area contributed by atoms with Crippen LogP contribution >= 0.6 is 0 Å². The predicted octanol–water partition coefficient (Wildman–Crippen LogP) is 3.90. The molecule has 1 aliphatic rings. The van der Waals surface area contributed by atoms with E-state index in [1.54, 1.807) is 0 Å². The summed E-state index contributed by atoms with van der Waals surface area (Å²) in [5.41, 5.74) is 9.27. The zero-order valence-corrected chi connectivity index (χ0v) is 20.5. The normalized spacial score (nSPS) is 19.3. The van der Waals surface area contributed by atoms with E-state index in [2.05, 4.69) is 50.7 Å². The number of hydrogen-bond acceptors (Lipinski definition) is 7. The second kappa shape index (κ2) is 7.82. The quantitative estimate of drug-likeness (QED) is 0.489. The second-order valence-corrected chi connectivity index (χ2v) is 10.3. The molecule has 2 N–H and O–H groups in total. The fourth-order valence-corrected chi connectivity index (χ4v) is 4.82. The van der Waals surface area contributed by atoms with Crippen LogP contribution in [0.3, 0.4) is 0 Å². The SMILES string of the molecule is COc1cc2nc(N)n3nc([C@@H]4C[C@H](C)CN(c5cn(C(C)(C)C)nc5C)C4)nc3c2cc1F. The summed E-state index contributed by atoms with van der Waals surface area (Å²) in [4.78, 5) is 11.6. The summed E-state index contributed by atoms with van der Waals surface area (Å²) in [5.74, 6) is 1.08. The number of aromatic nitrogens is 6. The highest BCUT2D eigenvalue weighted by Gasteiger charge is 2.31. The minimum absolute atomic E-state index is 0.0868. The fraction of sp³-hybridized carbons (Fsp3) is 0.500. The lowest BCUT2D eigenvalue weighted by Crippen LogP contribution is -2.39. The number of fused-ring (bicyclic) bond motifs is 3. The number of aryl methyl sites for hydroxylation is 1. The van der Waals surface area contributed by atoms with Crippen LogP contribution in [0, 0.1) is 18.7 Å². The van der Waals surface area contributed by atoms with Crippen molar-refractivity contribution in [3.8, 4) is 5.75 Å². The van der Waals surface area contributed by atoms with Gasteiger partial charge >= 0.3 is 0 Å². The van der Waals surface area contributed by atoms with Gasteiger partial charge in [0.1, 0.15) is 0 Å². The van der Waals surface area contributed by atoms with Crippen LogP contribution < -0.4 is 15.4 Å². The highest BCUT2D eigenvalue weighted by atomic mass is 19.1. The number of ether oxygens (including phenoxy) is 1. The first-order chi connectivity index (χ1) is 16.0. The van der Waals surface area contributed by atoms with Gasteiger partial charge in [-0.15, -0.1) is 5.10 Å². The minimum Gasteiger partial charge on any atom is -0.494 e. The van der Waals surface area contributed by atoms with E-state index in [4.69, 9.17) is 25.7 Å². The standard InChI is InChI=1S/C24H31FN8O/c1-13-7-15(11-31(10-13)19-12-32(24(3,4)5)29-14(19)2)21-28-22-16-8-17(25)20(34-6)9-18(16)27-23(26)33(22)30-21/h8-9,12-13,15H,7,10-11H2,1-6H3,(H2,26,27)/t13-,15+/m0/s1. The first kappa shape index (κ1) is 22.4. The van der Waals surface area contributed by atoms with Crippen molar-refractivity contribution >= 4 is 28.2 Å². The molecule has 1 saturated heterocycles. The van der Waals surface area contributed by atoms with Crippen molar-refractivity contribution in [1.29, 1.82) is 0 Å². The van der Waals surface area contributed by atoms with Crippen LogP contribution in [-0.2, 0) is 5.54 Å². The summed E-state index contributed by atoms with van der Waals surface area (Å²) in [5, 5.41) is 10.0. The largest absolute Gasteiger partial charge is 0.494 e. The zero-order chi connectivity index (χ0) is 24.4. The maximum atomic E-state index is 14.5. The van der Waals surface area contributed by atoms with Crippen LogP contribution in [-0.4, -0.2) is 49.6 Å². The molecule has 0 aliphatic carbocycles. The molecule has 0 radical (unpaired) electrons. The van der Waals surface area contributed by atoms with Gasteiger partial charge in [-0.25, -0.2) is 14.4 Å². The fourth-order valence-electron chi connectivity index (χ4n) is 4.82. The Hall–Kier alpha value is -3.43. The first-order valence-electron chi connectivity index (χ1n) is 11.6. The molecule has 3 aromatic heterocycles. The maximum absolute atomic E-state index is 14.5. The van der Waals surface area contributed by atoms with Crippen molar-refractivity contribution < 1.29 is 9.13 Å². The number of piperidine rings is 1. The lowest BCUT2D eigenvalue weighted by molar-refractivity contribution is 0.353. The lowest BCUT2D eigenvalue weighted by Gasteiger charge is -2.36. The number of nitrogen functional groups attached to an aromatic ring is 1. The molecule has 4 aromatic rings. The molecule has 2 atom stereocenters. The summed E-state index contributed by atoms with van der Waals surface area (Å²) in [7, 11) is 1.42. The van der Waals surface area contributed by atoms with Gasteiger partial charge in [0.15, 0.2) is 23.0 Å². The van der Waals surface area contributed by atoms with Crippen molar-refractivity contribution in [3.63, 3.8) is 0 Å². The Morgan fingerprint density at radius 2 is 1.91 bits per heavy atom. The number of methoxy groups -OCH3 is 1. The van der Waals surface area contributed by atoms with Gasteiger partial charge in [-0.2, -0.15) is 9.61 Å². The van der Waals surface area contributed by atoms with Gasteiger partial charge < -0.3 is 15.4 Å². The van der Waals surface area contributed by atoms with E-state index in [0.29, 0.717) is 28.3 Å². The summed E-state index contributed by atoms with van der Waals surface area (Å²) in [6.45, 7) is 12.4. The van der Waals surface area contributed by atoms with Crippen molar-refractivity contribution in [1.82, 2.24) is 29.4 Å². The number of hydrogen-bond donors (Lipinski definition) is 1. The Balaban J connectivity index is 1.54. The van der Waals surface area contributed by atoms with Crippen molar-refractivity contribution in [2.75, 3.05) is 30.8 Å². The molecule has 0 bridgehead atoms. The first-order valence-corrected chi connectivity index (χ1v) is 11.6. The molecule has 0 saturated carbocycles. The molecule has 0 unspecified atom stereocenters. The van der Waals surface area contributed by atoms with Gasteiger partial charge in [-0.1, -0.05) is 6.92 Å². The van der Waals surface area contributed by atoms with E-state index in [-0.39, 0.29) is 23.2 Å². The van der Waals surface area contributed by atoms with Gasteiger partial charge in [-0.3, -0.25) is 4.68 Å². The molecule has 0 amide bonds. The number of halogens is 1. The third-order valence-corrected chi connectivity index (χ3v) is 6.51. The monoisotopic (exact) mass is 466 g/mol. The molecule has 4 heterocycles. The van der Waals surface area contributed by atoms with Gasteiger partial charge in [0.25, 0.3) is 0 Å². The molecule has 5 rings (SSSR count). The zero-order valence-electron chi connectivity index (χ0n) is 20.5. The van der Waals surface area contributed by atoms with E-state index < -0.39 is 5.82 Å². The van der Waals surface area contributed by atoms with E-state index in [1.807, 2.05) is 4.68 Å². The third-order valence-electron chi connectivity index (χ3n) is 6.51. The Kier molecular flexibility index (Phi) is 5.14. The Morgan fingerprint density at radius 3 is 2.59 bits per heavy atom. The van der Waals surface area contributed by atoms with Crippen molar-refractivity contribution in [3.05, 3.63) is 35.7 Å². The van der Waals surface area contributed by atoms with Gasteiger partial charge in [0.2, 0.25) is 5.95 Å². The molecule has 1 aliphatic heterocycles. The molecule has 180 valence electrons. The second-order valence-electron chi connectivity index (χ2n) is 10.3. The number of anilines is 2. The number of nitrogens with zero attached hydrogens (tertiary/aromatic N) is 7. The summed E-state index contributed by atoms with van der Waals surface area (Å²) >= 11 is 0. The minimum atomic E-state index is -0.475. The van der Waals surface area contributed by atoms with E-state index in [1.165, 1.54) is 23.8 Å². The Morgan fingerprint density at radius 1 is 1.15 bits per heavy atom. The molecule has 34 heavy (non-hydrogen) atoms. The van der Waals surface area contributed by atoms with Crippen LogP contribution in [0.1, 0.15) is 51.6 Å². The molecular weight excluding hydrogens is 435 g/mol. The van der Waals surface area contributed by atoms with Gasteiger partial charge in [0.05, 0.1) is 29.5 Å². The third kappa shape index (κ3) is 3.70. The van der Waals surface area contributed by atoms with E-state index in [0.717, 1.165) is 30.9 Å². The van der Waals surface area contributed by atoms with Crippen molar-refractivity contribution in [2.24, 2.45) is 5.92 Å². The van der Waals surface area contributed by atoms with Gasteiger partial charge in [-0.05, 0) is 46.1 Å². The summed E-state index contributed by atoms with van der Waals surface area (Å²) < 4.78 is 23.1. The van der Waals surface area contributed by atoms with E-state index >= 15 is 0 Å². The Labute approximate surface area is 197 Å².